The van der Waals surface area contributed by atoms with Gasteiger partial charge < -0.3 is 14.8 Å². The average molecular weight is 502 g/mol. The maximum Gasteiger partial charge on any atom is 0.262 e. The van der Waals surface area contributed by atoms with E-state index in [-0.39, 0.29) is 12.5 Å². The molecule has 0 radical (unpaired) electrons. The van der Waals surface area contributed by atoms with Crippen LogP contribution in [0.1, 0.15) is 18.1 Å². The summed E-state index contributed by atoms with van der Waals surface area (Å²) in [6.07, 6.45) is 1.76. The molecular weight excluding hydrogens is 480 g/mol. The van der Waals surface area contributed by atoms with Gasteiger partial charge in [-0.3, -0.25) is 9.79 Å². The van der Waals surface area contributed by atoms with Crippen molar-refractivity contribution in [3.05, 3.63) is 81.3 Å². The first kappa shape index (κ1) is 22.8. The molecule has 3 rings (SSSR count). The second-order valence-electron chi connectivity index (χ2n) is 6.68. The maximum absolute atomic E-state index is 12.2. The number of nitrogens with zero attached hydrogens (tertiary/aromatic N) is 1. The molecule has 0 saturated carbocycles. The highest BCUT2D eigenvalue weighted by Crippen LogP contribution is 2.26. The van der Waals surface area contributed by atoms with Crippen molar-refractivity contribution < 1.29 is 14.3 Å². The summed E-state index contributed by atoms with van der Waals surface area (Å²) in [4.78, 5) is 16.6. The maximum atomic E-state index is 12.2. The van der Waals surface area contributed by atoms with Gasteiger partial charge in [0.05, 0.1) is 16.8 Å². The number of nitrogens with one attached hydrogen (secondary N) is 1. The van der Waals surface area contributed by atoms with E-state index < -0.39 is 0 Å². The molecule has 5 nitrogen and oxygen atoms in total. The molecule has 0 unspecified atom stereocenters. The van der Waals surface area contributed by atoms with Gasteiger partial charge in [-0.05, 0) is 95.5 Å². The summed E-state index contributed by atoms with van der Waals surface area (Å²) in [5, 5.41) is 3.37. The second-order valence-corrected chi connectivity index (χ2v) is 7.94. The number of amides is 1. The van der Waals surface area contributed by atoms with Crippen molar-refractivity contribution >= 4 is 51.0 Å². The van der Waals surface area contributed by atoms with Crippen molar-refractivity contribution in [1.29, 1.82) is 0 Å². The molecule has 31 heavy (non-hydrogen) atoms. The van der Waals surface area contributed by atoms with Crippen molar-refractivity contribution in [3.8, 4) is 11.5 Å². The molecule has 1 N–H and O–H groups in total. The van der Waals surface area contributed by atoms with E-state index in [4.69, 9.17) is 21.1 Å². The number of rotatable bonds is 8. The lowest BCUT2D eigenvalue weighted by atomic mass is 10.2. The van der Waals surface area contributed by atoms with Crippen LogP contribution in [0.2, 0.25) is 5.02 Å². The Kier molecular flexibility index (Phi) is 8.09. The van der Waals surface area contributed by atoms with Crippen molar-refractivity contribution in [3.63, 3.8) is 0 Å². The summed E-state index contributed by atoms with van der Waals surface area (Å²) in [7, 11) is 0. The molecule has 0 aliphatic carbocycles. The lowest BCUT2D eigenvalue weighted by Gasteiger charge is -2.10. The highest BCUT2D eigenvalue weighted by molar-refractivity contribution is 9.10. The van der Waals surface area contributed by atoms with E-state index >= 15 is 0 Å². The predicted octanol–water partition coefficient (Wildman–Crippen LogP) is 6.58. The molecule has 3 aromatic rings. The monoisotopic (exact) mass is 500 g/mol. The predicted molar refractivity (Wildman–Crippen MR) is 129 cm³/mol. The van der Waals surface area contributed by atoms with Crippen LogP contribution in [0.5, 0.6) is 11.5 Å². The zero-order chi connectivity index (χ0) is 22.2. The number of aliphatic imine (C=N–C) groups is 1. The first-order chi connectivity index (χ1) is 14.9. The Morgan fingerprint density at radius 3 is 2.55 bits per heavy atom. The quantitative estimate of drug-likeness (QED) is 0.355. The molecule has 0 aliphatic rings. The van der Waals surface area contributed by atoms with Crippen LogP contribution >= 0.6 is 27.5 Å². The van der Waals surface area contributed by atoms with Crippen molar-refractivity contribution in [2.75, 3.05) is 18.5 Å². The summed E-state index contributed by atoms with van der Waals surface area (Å²) in [6, 6.07) is 18.5. The number of hydrogen-bond donors (Lipinski definition) is 1. The number of halogens is 2. The third-order valence-electron chi connectivity index (χ3n) is 4.28. The minimum absolute atomic E-state index is 0.121. The average Bonchev–Trinajstić information content (AvgIpc) is 2.75. The lowest BCUT2D eigenvalue weighted by molar-refractivity contribution is -0.118. The van der Waals surface area contributed by atoms with Gasteiger partial charge in [-0.1, -0.05) is 17.7 Å². The van der Waals surface area contributed by atoms with Crippen LogP contribution in [0.25, 0.3) is 0 Å². The molecule has 0 saturated heterocycles. The fourth-order valence-electron chi connectivity index (χ4n) is 2.67. The summed E-state index contributed by atoms with van der Waals surface area (Å²) >= 11 is 9.57. The van der Waals surface area contributed by atoms with Gasteiger partial charge in [0.15, 0.2) is 6.61 Å². The molecule has 0 fully saturated rings. The van der Waals surface area contributed by atoms with E-state index in [0.717, 1.165) is 27.0 Å². The normalized spacial score (nSPS) is 10.8. The third-order valence-corrected chi connectivity index (χ3v) is 5.31. The Morgan fingerprint density at radius 1 is 1.10 bits per heavy atom. The van der Waals surface area contributed by atoms with Crippen LogP contribution in [0.3, 0.4) is 0 Å². The van der Waals surface area contributed by atoms with Gasteiger partial charge in [0.1, 0.15) is 11.5 Å². The molecule has 7 heteroatoms. The highest BCUT2D eigenvalue weighted by atomic mass is 79.9. The third kappa shape index (κ3) is 6.84. The number of hydrogen-bond acceptors (Lipinski definition) is 4. The van der Waals surface area contributed by atoms with Gasteiger partial charge in [0, 0.05) is 16.9 Å². The molecule has 0 aliphatic heterocycles. The Bertz CT molecular complexity index is 1080. The summed E-state index contributed by atoms with van der Waals surface area (Å²) in [6.45, 7) is 4.36. The van der Waals surface area contributed by atoms with E-state index in [1.54, 1.807) is 24.4 Å². The summed E-state index contributed by atoms with van der Waals surface area (Å²) < 4.78 is 11.8. The number of ether oxygens (including phenoxy) is 2. The Hall–Kier alpha value is -2.83. The van der Waals surface area contributed by atoms with Gasteiger partial charge in [-0.2, -0.15) is 0 Å². The van der Waals surface area contributed by atoms with Gasteiger partial charge in [0.25, 0.3) is 5.91 Å². The smallest absolute Gasteiger partial charge is 0.262 e. The van der Waals surface area contributed by atoms with Crippen molar-refractivity contribution in [2.45, 2.75) is 13.8 Å². The van der Waals surface area contributed by atoms with E-state index in [1.807, 2.05) is 56.3 Å². The molecule has 0 aromatic heterocycles. The summed E-state index contributed by atoms with van der Waals surface area (Å²) in [5.74, 6) is 1.11. The highest BCUT2D eigenvalue weighted by Gasteiger charge is 2.08. The molecule has 0 spiro atoms. The first-order valence-corrected chi connectivity index (χ1v) is 10.9. The zero-order valence-electron chi connectivity index (χ0n) is 17.2. The molecule has 0 bridgehead atoms. The zero-order valence-corrected chi connectivity index (χ0v) is 19.5. The summed E-state index contributed by atoms with van der Waals surface area (Å²) in [5.41, 5.74) is 3.30. The van der Waals surface area contributed by atoms with Crippen LogP contribution < -0.4 is 14.8 Å². The van der Waals surface area contributed by atoms with Gasteiger partial charge in [0.2, 0.25) is 0 Å². The van der Waals surface area contributed by atoms with Gasteiger partial charge >= 0.3 is 0 Å². The molecular formula is C24H22BrClN2O3. The molecule has 160 valence electrons. The van der Waals surface area contributed by atoms with Crippen LogP contribution in [0, 0.1) is 6.92 Å². The second kappa shape index (κ2) is 11.0. The first-order valence-electron chi connectivity index (χ1n) is 9.70. The van der Waals surface area contributed by atoms with Gasteiger partial charge in [-0.15, -0.1) is 0 Å². The standard InChI is InChI=1S/C24H22BrClN2O3/c1-3-30-20-9-7-18(8-10-20)27-14-17-5-11-23(21(25)12-17)31-15-24(29)28-19-6-4-16(2)22(26)13-19/h4-14H,3,15H2,1-2H3,(H,28,29). The van der Waals surface area contributed by atoms with Crippen LogP contribution in [-0.2, 0) is 4.79 Å². The lowest BCUT2D eigenvalue weighted by Crippen LogP contribution is -2.20. The Morgan fingerprint density at radius 2 is 1.87 bits per heavy atom. The fraction of sp³-hybridized carbons (Fsp3) is 0.167. The van der Waals surface area contributed by atoms with Crippen molar-refractivity contribution in [1.82, 2.24) is 0 Å². The molecule has 0 heterocycles. The largest absolute Gasteiger partial charge is 0.494 e. The molecule has 1 amide bonds. The number of benzene rings is 3. The molecule has 3 aromatic carbocycles. The van der Waals surface area contributed by atoms with Crippen LogP contribution in [0.4, 0.5) is 11.4 Å². The molecule has 0 atom stereocenters. The van der Waals surface area contributed by atoms with Crippen molar-refractivity contribution in [2.24, 2.45) is 4.99 Å². The number of carbonyl (C=O) groups is 1. The van der Waals surface area contributed by atoms with Crippen LogP contribution in [-0.4, -0.2) is 25.3 Å². The topological polar surface area (TPSA) is 59.9 Å². The fourth-order valence-corrected chi connectivity index (χ4v) is 3.36. The number of aryl methyl sites for hydroxylation is 1. The number of anilines is 1. The Labute approximate surface area is 195 Å². The van der Waals surface area contributed by atoms with Gasteiger partial charge in [-0.25, -0.2) is 0 Å². The SMILES string of the molecule is CCOc1ccc(N=Cc2ccc(OCC(=O)Nc3ccc(C)c(Cl)c3)c(Br)c2)cc1. The van der Waals surface area contributed by atoms with E-state index in [9.17, 15) is 4.79 Å². The van der Waals surface area contributed by atoms with E-state index in [1.165, 1.54) is 0 Å². The van der Waals surface area contributed by atoms with E-state index in [0.29, 0.717) is 23.1 Å². The number of carbonyl (C=O) groups excluding carboxylic acids is 1. The minimum Gasteiger partial charge on any atom is -0.494 e. The minimum atomic E-state index is -0.270. The van der Waals surface area contributed by atoms with Crippen LogP contribution in [0.15, 0.2) is 70.1 Å². The van der Waals surface area contributed by atoms with E-state index in [2.05, 4.69) is 26.2 Å². The Balaban J connectivity index is 1.56.